The largest absolute Gasteiger partial charge is 0.379 e. The van der Waals surface area contributed by atoms with E-state index in [1.165, 1.54) is 6.07 Å². The monoisotopic (exact) mass is 294 g/mol. The molecule has 0 heterocycles. The van der Waals surface area contributed by atoms with Gasteiger partial charge in [-0.3, -0.25) is 19.8 Å². The topological polar surface area (TPSA) is 102 Å². The molecule has 21 heavy (non-hydrogen) atoms. The number of carbonyl (C=O) groups excluding carboxylic acids is 1. The molecule has 0 aliphatic heterocycles. The highest BCUT2D eigenvalue weighted by molar-refractivity contribution is 5.75. The van der Waals surface area contributed by atoms with Crippen LogP contribution in [0.5, 0.6) is 0 Å². The average Bonchev–Trinajstić information content (AvgIpc) is 2.43. The number of hydrogen-bond donors (Lipinski definition) is 2. The van der Waals surface area contributed by atoms with Gasteiger partial charge in [0, 0.05) is 19.2 Å². The second-order valence-corrected chi connectivity index (χ2v) is 4.80. The quantitative estimate of drug-likeness (QED) is 0.533. The zero-order valence-electron chi connectivity index (χ0n) is 12.5. The van der Waals surface area contributed by atoms with Gasteiger partial charge in [0.05, 0.1) is 11.5 Å². The van der Waals surface area contributed by atoms with Crippen molar-refractivity contribution in [3.63, 3.8) is 0 Å². The molecule has 1 amide bonds. The van der Waals surface area contributed by atoms with Crippen LogP contribution in [0.2, 0.25) is 0 Å². The van der Waals surface area contributed by atoms with Crippen LogP contribution in [0.3, 0.4) is 0 Å². The third kappa shape index (κ3) is 5.39. The van der Waals surface area contributed by atoms with E-state index in [4.69, 9.17) is 5.73 Å². The number of anilines is 1. The first-order valence-corrected chi connectivity index (χ1v) is 6.99. The lowest BCUT2D eigenvalue weighted by Crippen LogP contribution is -2.33. The normalized spacial score (nSPS) is 10.6. The lowest BCUT2D eigenvalue weighted by molar-refractivity contribution is -0.384. The van der Waals surface area contributed by atoms with Crippen LogP contribution < -0.4 is 11.1 Å². The first kappa shape index (κ1) is 16.9. The Balaban J connectivity index is 2.92. The van der Waals surface area contributed by atoms with Gasteiger partial charge < -0.3 is 11.1 Å². The van der Waals surface area contributed by atoms with Crippen LogP contribution in [-0.4, -0.2) is 35.4 Å². The SMILES string of the molecule is CCCNc1cc(CN(CC)CC(N)=O)ccc1[N+](=O)[O-]. The third-order valence-corrected chi connectivity index (χ3v) is 3.06. The number of hydrogen-bond acceptors (Lipinski definition) is 5. The molecule has 116 valence electrons. The van der Waals surface area contributed by atoms with Gasteiger partial charge in [0.25, 0.3) is 5.69 Å². The molecular weight excluding hydrogens is 272 g/mol. The van der Waals surface area contributed by atoms with Gasteiger partial charge in [0.2, 0.25) is 5.91 Å². The molecule has 1 rings (SSSR count). The van der Waals surface area contributed by atoms with Crippen molar-refractivity contribution in [2.75, 3.05) is 25.0 Å². The van der Waals surface area contributed by atoms with Crippen LogP contribution in [0.15, 0.2) is 18.2 Å². The van der Waals surface area contributed by atoms with Crippen molar-refractivity contribution in [3.8, 4) is 0 Å². The van der Waals surface area contributed by atoms with Crippen LogP contribution in [0.4, 0.5) is 11.4 Å². The molecule has 0 saturated carbocycles. The Hall–Kier alpha value is -2.15. The Kier molecular flexibility index (Phi) is 6.61. The summed E-state index contributed by atoms with van der Waals surface area (Å²) in [5.41, 5.74) is 6.67. The predicted octanol–water partition coefficient (Wildman–Crippen LogP) is 1.72. The maximum atomic E-state index is 11.0. The summed E-state index contributed by atoms with van der Waals surface area (Å²) >= 11 is 0. The Labute approximate surface area is 124 Å². The van der Waals surface area contributed by atoms with Crippen LogP contribution in [0.1, 0.15) is 25.8 Å². The number of nitrogens with two attached hydrogens (primary N) is 1. The number of benzene rings is 1. The molecule has 0 saturated heterocycles. The Morgan fingerprint density at radius 2 is 2.14 bits per heavy atom. The molecule has 0 aliphatic rings. The Morgan fingerprint density at radius 3 is 2.67 bits per heavy atom. The second-order valence-electron chi connectivity index (χ2n) is 4.80. The van der Waals surface area contributed by atoms with E-state index in [-0.39, 0.29) is 18.1 Å². The lowest BCUT2D eigenvalue weighted by Gasteiger charge is -2.19. The minimum Gasteiger partial charge on any atom is -0.379 e. The molecular formula is C14H22N4O3. The Bertz CT molecular complexity index is 505. The van der Waals surface area contributed by atoms with E-state index in [9.17, 15) is 14.9 Å². The number of nitrogens with one attached hydrogen (secondary N) is 1. The number of likely N-dealkylation sites (N-methyl/N-ethyl adjacent to an activating group) is 1. The highest BCUT2D eigenvalue weighted by Gasteiger charge is 2.15. The van der Waals surface area contributed by atoms with Gasteiger partial charge in [0.15, 0.2) is 0 Å². The summed E-state index contributed by atoms with van der Waals surface area (Å²) in [6.07, 6.45) is 0.879. The first-order valence-electron chi connectivity index (χ1n) is 6.99. The summed E-state index contributed by atoms with van der Waals surface area (Å²) in [7, 11) is 0. The number of nitro benzene ring substituents is 1. The molecule has 0 spiro atoms. The fourth-order valence-electron chi connectivity index (χ4n) is 2.00. The van der Waals surface area contributed by atoms with Crippen LogP contribution in [0.25, 0.3) is 0 Å². The van der Waals surface area contributed by atoms with Gasteiger partial charge in [-0.2, -0.15) is 0 Å². The zero-order chi connectivity index (χ0) is 15.8. The first-order chi connectivity index (χ1) is 9.97. The molecule has 7 heteroatoms. The van der Waals surface area contributed by atoms with E-state index in [2.05, 4.69) is 5.32 Å². The summed E-state index contributed by atoms with van der Waals surface area (Å²) < 4.78 is 0. The molecule has 3 N–H and O–H groups in total. The van der Waals surface area contributed by atoms with Gasteiger partial charge in [0.1, 0.15) is 5.69 Å². The molecule has 7 nitrogen and oxygen atoms in total. The van der Waals surface area contributed by atoms with Crippen LogP contribution >= 0.6 is 0 Å². The molecule has 0 aliphatic carbocycles. The molecule has 1 aromatic rings. The van der Waals surface area contributed by atoms with Crippen molar-refractivity contribution in [1.82, 2.24) is 4.90 Å². The average molecular weight is 294 g/mol. The van der Waals surface area contributed by atoms with Gasteiger partial charge in [-0.1, -0.05) is 19.9 Å². The van der Waals surface area contributed by atoms with Gasteiger partial charge in [-0.15, -0.1) is 0 Å². The summed E-state index contributed by atoms with van der Waals surface area (Å²) in [5, 5.41) is 14.1. The molecule has 0 radical (unpaired) electrons. The van der Waals surface area contributed by atoms with Crippen molar-refractivity contribution in [3.05, 3.63) is 33.9 Å². The molecule has 0 aromatic heterocycles. The van der Waals surface area contributed by atoms with Crippen LogP contribution in [0, 0.1) is 10.1 Å². The smallest absolute Gasteiger partial charge is 0.292 e. The maximum absolute atomic E-state index is 11.0. The van der Waals surface area contributed by atoms with E-state index >= 15 is 0 Å². The fraction of sp³-hybridized carbons (Fsp3) is 0.500. The van der Waals surface area contributed by atoms with E-state index in [1.54, 1.807) is 12.1 Å². The van der Waals surface area contributed by atoms with Crippen LogP contribution in [-0.2, 0) is 11.3 Å². The summed E-state index contributed by atoms with van der Waals surface area (Å²) in [6.45, 7) is 5.98. The Morgan fingerprint density at radius 1 is 1.43 bits per heavy atom. The number of nitrogens with zero attached hydrogens (tertiary/aromatic N) is 2. The summed E-state index contributed by atoms with van der Waals surface area (Å²) in [4.78, 5) is 23.5. The molecule has 0 unspecified atom stereocenters. The molecule has 0 fully saturated rings. The van der Waals surface area contributed by atoms with Crippen molar-refractivity contribution in [2.45, 2.75) is 26.8 Å². The number of carbonyl (C=O) groups is 1. The molecule has 0 atom stereocenters. The molecule has 1 aromatic carbocycles. The van der Waals surface area contributed by atoms with E-state index in [0.717, 1.165) is 12.0 Å². The van der Waals surface area contributed by atoms with Crippen molar-refractivity contribution >= 4 is 17.3 Å². The lowest BCUT2D eigenvalue weighted by atomic mass is 10.1. The highest BCUT2D eigenvalue weighted by Crippen LogP contribution is 2.26. The van der Waals surface area contributed by atoms with E-state index in [1.807, 2.05) is 18.7 Å². The zero-order valence-corrected chi connectivity index (χ0v) is 12.5. The maximum Gasteiger partial charge on any atom is 0.292 e. The summed E-state index contributed by atoms with van der Waals surface area (Å²) in [5.74, 6) is -0.386. The highest BCUT2D eigenvalue weighted by atomic mass is 16.6. The fourth-order valence-corrected chi connectivity index (χ4v) is 2.00. The van der Waals surface area contributed by atoms with E-state index in [0.29, 0.717) is 25.3 Å². The minimum absolute atomic E-state index is 0.0603. The summed E-state index contributed by atoms with van der Waals surface area (Å²) in [6, 6.07) is 4.96. The van der Waals surface area contributed by atoms with Gasteiger partial charge in [-0.25, -0.2) is 0 Å². The number of nitro groups is 1. The number of amides is 1. The standard InChI is InChI=1S/C14H22N4O3/c1-3-7-16-12-8-11(5-6-13(12)18(20)21)9-17(4-2)10-14(15)19/h5-6,8,16H,3-4,7,9-10H2,1-2H3,(H2,15,19). The van der Waals surface area contributed by atoms with Crippen molar-refractivity contribution in [2.24, 2.45) is 5.73 Å². The van der Waals surface area contributed by atoms with Gasteiger partial charge in [-0.05, 0) is 24.6 Å². The van der Waals surface area contributed by atoms with Gasteiger partial charge >= 0.3 is 0 Å². The predicted molar refractivity (Wildman–Crippen MR) is 82.0 cm³/mol. The second kappa shape index (κ2) is 8.21. The third-order valence-electron chi connectivity index (χ3n) is 3.06. The van der Waals surface area contributed by atoms with Crippen molar-refractivity contribution in [1.29, 1.82) is 0 Å². The van der Waals surface area contributed by atoms with Crippen molar-refractivity contribution < 1.29 is 9.72 Å². The number of primary amides is 1. The van der Waals surface area contributed by atoms with E-state index < -0.39 is 4.92 Å². The molecule has 0 bridgehead atoms. The minimum atomic E-state index is -0.400. The number of rotatable bonds is 9.